The van der Waals surface area contributed by atoms with Crippen LogP contribution < -0.4 is 10.1 Å². The van der Waals surface area contributed by atoms with Gasteiger partial charge in [0.2, 0.25) is 0 Å². The van der Waals surface area contributed by atoms with E-state index in [2.05, 4.69) is 10.1 Å². The predicted molar refractivity (Wildman–Crippen MR) is 70.8 cm³/mol. The molecule has 0 aliphatic heterocycles. The topological polar surface area (TPSA) is 30.5 Å². The van der Waals surface area contributed by atoms with Crippen molar-refractivity contribution < 1.29 is 22.6 Å². The molecule has 0 fully saturated rings. The number of hydrogen-bond acceptors (Lipinski definition) is 3. The molecule has 0 bridgehead atoms. The van der Waals surface area contributed by atoms with E-state index in [4.69, 9.17) is 4.74 Å². The third-order valence-corrected chi connectivity index (χ3v) is 2.75. The van der Waals surface area contributed by atoms with Crippen molar-refractivity contribution in [3.63, 3.8) is 0 Å². The molecule has 0 heterocycles. The summed E-state index contributed by atoms with van der Waals surface area (Å²) in [7, 11) is 0. The summed E-state index contributed by atoms with van der Waals surface area (Å²) in [5.41, 5.74) is 1.91. The Balaban J connectivity index is 2.65. The van der Waals surface area contributed by atoms with Crippen LogP contribution in [0.3, 0.4) is 0 Å². The summed E-state index contributed by atoms with van der Waals surface area (Å²) in [6.45, 7) is 6.00. The van der Waals surface area contributed by atoms with E-state index in [0.717, 1.165) is 17.7 Å². The Morgan fingerprint density at radius 1 is 1.25 bits per heavy atom. The zero-order valence-electron chi connectivity index (χ0n) is 11.9. The van der Waals surface area contributed by atoms with Gasteiger partial charge in [-0.25, -0.2) is 0 Å². The maximum absolute atomic E-state index is 11.9. The lowest BCUT2D eigenvalue weighted by atomic mass is 10.0. The first-order chi connectivity index (χ1) is 9.33. The van der Waals surface area contributed by atoms with Crippen LogP contribution in [0.25, 0.3) is 0 Å². The summed E-state index contributed by atoms with van der Waals surface area (Å²) in [5, 5.41) is 3.25. The van der Waals surface area contributed by atoms with E-state index in [1.165, 1.54) is 0 Å². The fourth-order valence-corrected chi connectivity index (χ4v) is 1.85. The minimum Gasteiger partial charge on any atom is -0.491 e. The molecule has 0 saturated heterocycles. The highest BCUT2D eigenvalue weighted by atomic mass is 19.4. The van der Waals surface area contributed by atoms with Crippen molar-refractivity contribution in [3.8, 4) is 5.75 Å². The molecular weight excluding hydrogens is 271 g/mol. The lowest BCUT2D eigenvalue weighted by Gasteiger charge is -2.18. The monoisotopic (exact) mass is 291 g/mol. The van der Waals surface area contributed by atoms with Crippen molar-refractivity contribution >= 4 is 0 Å². The van der Waals surface area contributed by atoms with Crippen molar-refractivity contribution in [2.45, 2.75) is 33.2 Å². The van der Waals surface area contributed by atoms with Gasteiger partial charge in [0.25, 0.3) is 0 Å². The number of halogens is 3. The van der Waals surface area contributed by atoms with Crippen LogP contribution in [-0.2, 0) is 4.74 Å². The zero-order valence-corrected chi connectivity index (χ0v) is 11.9. The molecule has 1 unspecified atom stereocenters. The van der Waals surface area contributed by atoms with Crippen LogP contribution in [0.5, 0.6) is 5.75 Å². The SMILES string of the molecule is CCNC(C)c1ccc(C)cc1OCCOC(F)(F)F. The van der Waals surface area contributed by atoms with Gasteiger partial charge in [0.1, 0.15) is 12.4 Å². The number of aryl methyl sites for hydroxylation is 1. The van der Waals surface area contributed by atoms with Crippen LogP contribution in [0, 0.1) is 6.92 Å². The quantitative estimate of drug-likeness (QED) is 0.779. The van der Waals surface area contributed by atoms with Gasteiger partial charge in [0.05, 0.1) is 6.61 Å². The summed E-state index contributed by atoms with van der Waals surface area (Å²) < 4.78 is 44.7. The molecule has 0 aromatic heterocycles. The molecule has 0 amide bonds. The third-order valence-electron chi connectivity index (χ3n) is 2.75. The second-order valence-corrected chi connectivity index (χ2v) is 4.46. The first-order valence-corrected chi connectivity index (χ1v) is 6.51. The lowest BCUT2D eigenvalue weighted by Crippen LogP contribution is -2.20. The second kappa shape index (κ2) is 7.50. The summed E-state index contributed by atoms with van der Waals surface area (Å²) in [6, 6.07) is 5.75. The molecule has 0 aliphatic rings. The third kappa shape index (κ3) is 5.79. The van der Waals surface area contributed by atoms with E-state index in [9.17, 15) is 13.2 Å². The number of hydrogen-bond donors (Lipinski definition) is 1. The maximum atomic E-state index is 11.9. The number of ether oxygens (including phenoxy) is 2. The Labute approximate surface area is 117 Å². The Hall–Kier alpha value is -1.27. The molecule has 6 heteroatoms. The summed E-state index contributed by atoms with van der Waals surface area (Å²) in [4.78, 5) is 0. The Morgan fingerprint density at radius 3 is 2.55 bits per heavy atom. The lowest BCUT2D eigenvalue weighted by molar-refractivity contribution is -0.325. The molecule has 0 saturated carbocycles. The standard InChI is InChI=1S/C14H20F3NO2/c1-4-18-11(3)12-6-5-10(2)9-13(12)19-7-8-20-14(15,16)17/h5-6,9,11,18H,4,7-8H2,1-3H3. The highest BCUT2D eigenvalue weighted by molar-refractivity contribution is 5.39. The normalized spacial score (nSPS) is 13.3. The Kier molecular flexibility index (Phi) is 6.29. The highest BCUT2D eigenvalue weighted by Crippen LogP contribution is 2.26. The highest BCUT2D eigenvalue weighted by Gasteiger charge is 2.28. The number of rotatable bonds is 7. The van der Waals surface area contributed by atoms with Gasteiger partial charge in [-0.1, -0.05) is 19.1 Å². The van der Waals surface area contributed by atoms with Crippen molar-refractivity contribution in [1.29, 1.82) is 0 Å². The van der Waals surface area contributed by atoms with E-state index in [0.29, 0.717) is 5.75 Å². The molecule has 1 atom stereocenters. The number of nitrogens with one attached hydrogen (secondary N) is 1. The second-order valence-electron chi connectivity index (χ2n) is 4.46. The molecule has 1 N–H and O–H groups in total. The Bertz CT molecular complexity index is 421. The summed E-state index contributed by atoms with van der Waals surface area (Å²) >= 11 is 0. The minimum absolute atomic E-state index is 0.0686. The largest absolute Gasteiger partial charge is 0.522 e. The average Bonchev–Trinajstić information content (AvgIpc) is 2.34. The molecule has 1 aromatic carbocycles. The van der Waals surface area contributed by atoms with Crippen LogP contribution in [-0.4, -0.2) is 26.1 Å². The van der Waals surface area contributed by atoms with Crippen molar-refractivity contribution in [3.05, 3.63) is 29.3 Å². The van der Waals surface area contributed by atoms with Crippen LogP contribution in [0.2, 0.25) is 0 Å². The molecular formula is C14H20F3NO2. The molecule has 0 radical (unpaired) electrons. The molecule has 0 aliphatic carbocycles. The van der Waals surface area contributed by atoms with Gasteiger partial charge in [0.15, 0.2) is 0 Å². The van der Waals surface area contributed by atoms with Gasteiger partial charge in [-0.15, -0.1) is 13.2 Å². The smallest absolute Gasteiger partial charge is 0.491 e. The maximum Gasteiger partial charge on any atom is 0.522 e. The van der Waals surface area contributed by atoms with Gasteiger partial charge < -0.3 is 10.1 Å². The minimum atomic E-state index is -4.62. The van der Waals surface area contributed by atoms with Crippen LogP contribution in [0.1, 0.15) is 31.0 Å². The van der Waals surface area contributed by atoms with E-state index in [1.54, 1.807) is 0 Å². The number of alkyl halides is 3. The van der Waals surface area contributed by atoms with Crippen molar-refractivity contribution in [1.82, 2.24) is 5.32 Å². The van der Waals surface area contributed by atoms with Crippen molar-refractivity contribution in [2.24, 2.45) is 0 Å². The molecule has 114 valence electrons. The first kappa shape index (κ1) is 16.8. The van der Waals surface area contributed by atoms with E-state index >= 15 is 0 Å². The van der Waals surface area contributed by atoms with Gasteiger partial charge in [-0.05, 0) is 32.0 Å². The summed E-state index contributed by atoms with van der Waals surface area (Å²) in [6.07, 6.45) is -4.62. The molecule has 3 nitrogen and oxygen atoms in total. The van der Waals surface area contributed by atoms with E-state index < -0.39 is 13.0 Å². The molecule has 1 rings (SSSR count). The molecule has 0 spiro atoms. The van der Waals surface area contributed by atoms with Gasteiger partial charge in [-0.2, -0.15) is 0 Å². The van der Waals surface area contributed by atoms with Gasteiger partial charge >= 0.3 is 6.36 Å². The van der Waals surface area contributed by atoms with Gasteiger partial charge in [0, 0.05) is 11.6 Å². The fourth-order valence-electron chi connectivity index (χ4n) is 1.85. The van der Waals surface area contributed by atoms with Crippen LogP contribution in [0.4, 0.5) is 13.2 Å². The van der Waals surface area contributed by atoms with Crippen LogP contribution >= 0.6 is 0 Å². The first-order valence-electron chi connectivity index (χ1n) is 6.51. The van der Waals surface area contributed by atoms with Crippen LogP contribution in [0.15, 0.2) is 18.2 Å². The summed E-state index contributed by atoms with van der Waals surface area (Å²) in [5.74, 6) is 0.587. The zero-order chi connectivity index (χ0) is 15.2. The van der Waals surface area contributed by atoms with Crippen molar-refractivity contribution in [2.75, 3.05) is 19.8 Å². The predicted octanol–water partition coefficient (Wildman–Crippen LogP) is 3.58. The van der Waals surface area contributed by atoms with E-state index in [1.807, 2.05) is 39.0 Å². The molecule has 1 aromatic rings. The average molecular weight is 291 g/mol. The number of benzene rings is 1. The van der Waals surface area contributed by atoms with E-state index in [-0.39, 0.29) is 12.6 Å². The molecule has 20 heavy (non-hydrogen) atoms. The fraction of sp³-hybridized carbons (Fsp3) is 0.571. The Morgan fingerprint density at radius 2 is 1.95 bits per heavy atom. The van der Waals surface area contributed by atoms with Gasteiger partial charge in [-0.3, -0.25) is 4.74 Å².